The number of rotatable bonds is 3. The fraction of sp³-hybridized carbons (Fsp3) is 0.154. The molecule has 16 heavy (non-hydrogen) atoms. The highest BCUT2D eigenvalue weighted by atomic mass is 32.2. The third kappa shape index (κ3) is 2.36. The summed E-state index contributed by atoms with van der Waals surface area (Å²) in [5.41, 5.74) is 0. The summed E-state index contributed by atoms with van der Waals surface area (Å²) in [6, 6.07) is 10.00. The Morgan fingerprint density at radius 3 is 2.75 bits per heavy atom. The summed E-state index contributed by atoms with van der Waals surface area (Å²) in [4.78, 5) is 13.6. The number of methoxy groups -OCH3 is 1. The van der Waals surface area contributed by atoms with Crippen molar-refractivity contribution in [2.75, 3.05) is 7.11 Å². The van der Waals surface area contributed by atoms with Gasteiger partial charge in [-0.05, 0) is 12.1 Å². The maximum absolute atomic E-state index is 11.5. The zero-order valence-corrected chi connectivity index (χ0v) is 9.74. The predicted molar refractivity (Wildman–Crippen MR) is 65.0 cm³/mol. The average molecular weight is 232 g/mol. The third-order valence-corrected chi connectivity index (χ3v) is 3.44. The van der Waals surface area contributed by atoms with Gasteiger partial charge >= 0.3 is 5.97 Å². The van der Waals surface area contributed by atoms with Crippen molar-refractivity contribution in [2.24, 2.45) is 5.92 Å². The van der Waals surface area contributed by atoms with Crippen molar-refractivity contribution < 1.29 is 9.53 Å². The van der Waals surface area contributed by atoms with Crippen LogP contribution in [0.2, 0.25) is 0 Å². The van der Waals surface area contributed by atoms with E-state index in [1.165, 1.54) is 7.11 Å². The van der Waals surface area contributed by atoms with Gasteiger partial charge in [-0.2, -0.15) is 0 Å². The van der Waals surface area contributed by atoms with E-state index in [0.29, 0.717) is 0 Å². The molecule has 1 aliphatic rings. The molecule has 0 N–H and O–H groups in total. The monoisotopic (exact) mass is 232 g/mol. The molecule has 0 heterocycles. The molecule has 2 rings (SSSR count). The molecule has 1 aromatic carbocycles. The lowest BCUT2D eigenvalue weighted by atomic mass is 10.2. The first-order valence-electron chi connectivity index (χ1n) is 5.00. The Morgan fingerprint density at radius 2 is 2.06 bits per heavy atom. The Morgan fingerprint density at radius 1 is 1.31 bits per heavy atom. The Hall–Kier alpha value is -1.48. The van der Waals surface area contributed by atoms with E-state index in [1.54, 1.807) is 11.8 Å². The van der Waals surface area contributed by atoms with E-state index in [1.807, 2.05) is 48.6 Å². The smallest absolute Gasteiger partial charge is 0.317 e. The molecule has 0 radical (unpaired) electrons. The maximum Gasteiger partial charge on any atom is 0.317 e. The average Bonchev–Trinajstić information content (AvgIpc) is 2.77. The summed E-state index contributed by atoms with van der Waals surface area (Å²) in [5.74, 6) is -0.446. The number of benzene rings is 1. The Bertz CT molecular complexity index is 435. The van der Waals surface area contributed by atoms with Gasteiger partial charge in [-0.15, -0.1) is 0 Å². The molecule has 0 saturated carbocycles. The topological polar surface area (TPSA) is 26.3 Å². The van der Waals surface area contributed by atoms with Gasteiger partial charge in [-0.1, -0.05) is 48.2 Å². The molecule has 0 spiro atoms. The first kappa shape index (κ1) is 11.0. The van der Waals surface area contributed by atoms with Gasteiger partial charge in [0.1, 0.15) is 5.92 Å². The molecule has 1 unspecified atom stereocenters. The second-order valence-electron chi connectivity index (χ2n) is 3.37. The summed E-state index contributed by atoms with van der Waals surface area (Å²) in [6.07, 6.45) is 5.71. The van der Waals surface area contributed by atoms with Gasteiger partial charge in [0, 0.05) is 9.80 Å². The lowest BCUT2D eigenvalue weighted by Crippen LogP contribution is -2.13. The van der Waals surface area contributed by atoms with Crippen LogP contribution in [-0.4, -0.2) is 13.1 Å². The quantitative estimate of drug-likeness (QED) is 0.749. The fourth-order valence-corrected chi connectivity index (χ4v) is 2.52. The van der Waals surface area contributed by atoms with Crippen molar-refractivity contribution >= 4 is 17.7 Å². The zero-order chi connectivity index (χ0) is 11.4. The minimum Gasteiger partial charge on any atom is -0.468 e. The highest BCUT2D eigenvalue weighted by molar-refractivity contribution is 8.03. The van der Waals surface area contributed by atoms with Crippen molar-refractivity contribution in [3.05, 3.63) is 53.5 Å². The number of esters is 1. The first-order chi connectivity index (χ1) is 7.81. The number of carbonyl (C=O) groups is 1. The second kappa shape index (κ2) is 5.03. The van der Waals surface area contributed by atoms with E-state index in [9.17, 15) is 4.79 Å². The normalized spacial score (nSPS) is 18.3. The molecular weight excluding hydrogens is 220 g/mol. The van der Waals surface area contributed by atoms with Gasteiger partial charge in [0.15, 0.2) is 0 Å². The lowest BCUT2D eigenvalue weighted by Gasteiger charge is -2.10. The fourth-order valence-electron chi connectivity index (χ4n) is 1.50. The van der Waals surface area contributed by atoms with Crippen LogP contribution in [0.1, 0.15) is 0 Å². The molecule has 0 aliphatic heterocycles. The van der Waals surface area contributed by atoms with Crippen molar-refractivity contribution in [3.8, 4) is 0 Å². The molecule has 1 aromatic rings. The summed E-state index contributed by atoms with van der Waals surface area (Å²) >= 11 is 1.60. The van der Waals surface area contributed by atoms with Crippen LogP contribution < -0.4 is 0 Å². The standard InChI is InChI=1S/C13H12O2S/c1-15-13(14)11-8-5-9-12(11)16-10-6-3-2-4-7-10/h2-9,11H,1H3. The summed E-state index contributed by atoms with van der Waals surface area (Å²) < 4.78 is 4.76. The molecule has 2 nitrogen and oxygen atoms in total. The highest BCUT2D eigenvalue weighted by Crippen LogP contribution is 2.35. The number of ether oxygens (including phenoxy) is 1. The highest BCUT2D eigenvalue weighted by Gasteiger charge is 2.24. The van der Waals surface area contributed by atoms with E-state index in [0.717, 1.165) is 9.80 Å². The number of hydrogen-bond donors (Lipinski definition) is 0. The predicted octanol–water partition coefficient (Wildman–Crippen LogP) is 3.02. The molecule has 1 aliphatic carbocycles. The van der Waals surface area contributed by atoms with Crippen molar-refractivity contribution in [2.45, 2.75) is 4.90 Å². The molecule has 3 heteroatoms. The largest absolute Gasteiger partial charge is 0.468 e. The summed E-state index contributed by atoms with van der Waals surface area (Å²) in [5, 5.41) is 0. The van der Waals surface area contributed by atoms with E-state index in [-0.39, 0.29) is 11.9 Å². The van der Waals surface area contributed by atoms with Crippen LogP contribution in [0, 0.1) is 5.92 Å². The Balaban J connectivity index is 2.09. The molecule has 0 bridgehead atoms. The van der Waals surface area contributed by atoms with Gasteiger partial charge < -0.3 is 4.74 Å². The number of hydrogen-bond acceptors (Lipinski definition) is 3. The minimum absolute atomic E-state index is 0.205. The van der Waals surface area contributed by atoms with E-state index >= 15 is 0 Å². The Kier molecular flexibility index (Phi) is 3.47. The van der Waals surface area contributed by atoms with Gasteiger partial charge in [-0.25, -0.2) is 0 Å². The van der Waals surface area contributed by atoms with Gasteiger partial charge in [0.25, 0.3) is 0 Å². The van der Waals surface area contributed by atoms with E-state index in [2.05, 4.69) is 0 Å². The van der Waals surface area contributed by atoms with Crippen molar-refractivity contribution in [1.29, 1.82) is 0 Å². The minimum atomic E-state index is -0.241. The van der Waals surface area contributed by atoms with Crippen LogP contribution in [0.3, 0.4) is 0 Å². The molecule has 1 atom stereocenters. The summed E-state index contributed by atoms with van der Waals surface area (Å²) in [7, 11) is 1.42. The zero-order valence-electron chi connectivity index (χ0n) is 8.92. The molecule has 0 aromatic heterocycles. The van der Waals surface area contributed by atoms with Crippen LogP contribution in [-0.2, 0) is 9.53 Å². The molecule has 82 valence electrons. The van der Waals surface area contributed by atoms with Gasteiger partial charge in [-0.3, -0.25) is 4.79 Å². The van der Waals surface area contributed by atoms with Crippen LogP contribution in [0.4, 0.5) is 0 Å². The van der Waals surface area contributed by atoms with E-state index in [4.69, 9.17) is 4.74 Å². The SMILES string of the molecule is COC(=O)C1C=CC=C1Sc1ccccc1. The number of allylic oxidation sites excluding steroid dienone is 2. The number of thioether (sulfide) groups is 1. The molecule has 0 saturated heterocycles. The first-order valence-corrected chi connectivity index (χ1v) is 5.82. The van der Waals surface area contributed by atoms with Crippen LogP contribution >= 0.6 is 11.8 Å². The molecule has 0 fully saturated rings. The van der Waals surface area contributed by atoms with Crippen LogP contribution in [0.5, 0.6) is 0 Å². The summed E-state index contributed by atoms with van der Waals surface area (Å²) in [6.45, 7) is 0. The third-order valence-electron chi connectivity index (χ3n) is 2.30. The van der Waals surface area contributed by atoms with Crippen LogP contribution in [0.25, 0.3) is 0 Å². The number of carbonyl (C=O) groups excluding carboxylic acids is 1. The van der Waals surface area contributed by atoms with E-state index < -0.39 is 0 Å². The van der Waals surface area contributed by atoms with Crippen molar-refractivity contribution in [3.63, 3.8) is 0 Å². The molecular formula is C13H12O2S. The second-order valence-corrected chi connectivity index (χ2v) is 4.52. The lowest BCUT2D eigenvalue weighted by molar-refractivity contribution is -0.142. The maximum atomic E-state index is 11.5. The van der Waals surface area contributed by atoms with Gasteiger partial charge in [0.05, 0.1) is 7.11 Å². The van der Waals surface area contributed by atoms with Crippen molar-refractivity contribution in [1.82, 2.24) is 0 Å². The Labute approximate surface area is 99.0 Å². The van der Waals surface area contributed by atoms with Gasteiger partial charge in [0.2, 0.25) is 0 Å². The molecule has 0 amide bonds. The van der Waals surface area contributed by atoms with Crippen LogP contribution in [0.15, 0.2) is 58.4 Å².